The Morgan fingerprint density at radius 2 is 1.43 bits per heavy atom. The van der Waals surface area contributed by atoms with E-state index in [1.165, 1.54) is 24.8 Å². The van der Waals surface area contributed by atoms with Crippen molar-refractivity contribution < 1.29 is 17.3 Å². The van der Waals surface area contributed by atoms with E-state index in [2.05, 4.69) is 93.7 Å². The van der Waals surface area contributed by atoms with Crippen molar-refractivity contribution in [1.82, 2.24) is 0 Å². The van der Waals surface area contributed by atoms with Crippen LogP contribution in [0.5, 0.6) is 0 Å². The molecule has 0 amide bonds. The molecule has 0 spiro atoms. The molecule has 0 radical (unpaired) electrons. The normalized spacial score (nSPS) is 29.9. The largest absolute Gasteiger partial charge is 0.414 e. The second-order valence-electron chi connectivity index (χ2n) is 18.4. The highest BCUT2D eigenvalue weighted by Crippen LogP contribution is 2.59. The minimum atomic E-state index is -3.30. The lowest BCUT2D eigenvalue weighted by Crippen LogP contribution is -2.48. The third kappa shape index (κ3) is 8.41. The van der Waals surface area contributed by atoms with Crippen LogP contribution in [-0.2, 0) is 18.7 Å². The molecule has 7 heteroatoms. The Balaban J connectivity index is 1.55. The zero-order valence-corrected chi connectivity index (χ0v) is 34.1. The van der Waals surface area contributed by atoms with Crippen LogP contribution >= 0.6 is 0 Å². The van der Waals surface area contributed by atoms with Gasteiger partial charge in [-0.2, -0.15) is 0 Å². The number of rotatable bonds is 9. The maximum absolute atomic E-state index is 13.3. The van der Waals surface area contributed by atoms with Gasteiger partial charge >= 0.3 is 0 Å². The lowest BCUT2D eigenvalue weighted by Gasteiger charge is -2.45. The molecule has 0 unspecified atom stereocenters. The molecule has 0 N–H and O–H groups in total. The van der Waals surface area contributed by atoms with Gasteiger partial charge in [0.25, 0.3) is 0 Å². The summed E-state index contributed by atoms with van der Waals surface area (Å²) in [6.07, 6.45) is 14.1. The average Bonchev–Trinajstić information content (AvgIpc) is 3.28. The Kier molecular flexibility index (Phi) is 11.3. The molecule has 46 heavy (non-hydrogen) atoms. The molecule has 4 rings (SSSR count). The Labute approximate surface area is 285 Å². The zero-order valence-electron chi connectivity index (χ0n) is 31.3. The van der Waals surface area contributed by atoms with Crippen LogP contribution < -0.4 is 0 Å². The van der Waals surface area contributed by atoms with Gasteiger partial charge in [0.05, 0.1) is 22.9 Å². The lowest BCUT2D eigenvalue weighted by molar-refractivity contribution is 0.0725. The van der Waals surface area contributed by atoms with Gasteiger partial charge in [-0.25, -0.2) is 8.42 Å². The van der Waals surface area contributed by atoms with E-state index in [-0.39, 0.29) is 39.4 Å². The van der Waals surface area contributed by atoms with Crippen LogP contribution in [0.1, 0.15) is 107 Å². The smallest absolute Gasteiger partial charge is 0.192 e. The third-order valence-electron chi connectivity index (χ3n) is 12.9. The quantitative estimate of drug-likeness (QED) is 0.243. The number of benzene rings is 1. The van der Waals surface area contributed by atoms with Gasteiger partial charge in [-0.3, -0.25) is 0 Å². The van der Waals surface area contributed by atoms with E-state index in [1.807, 2.05) is 18.2 Å². The summed E-state index contributed by atoms with van der Waals surface area (Å²) >= 11 is 0. The van der Waals surface area contributed by atoms with Gasteiger partial charge in [-0.15, -0.1) is 0 Å². The third-order valence-corrected chi connectivity index (χ3v) is 23.9. The van der Waals surface area contributed by atoms with E-state index < -0.39 is 26.5 Å². The molecule has 0 aromatic heterocycles. The molecule has 1 aromatic carbocycles. The van der Waals surface area contributed by atoms with Gasteiger partial charge in [-0.05, 0) is 123 Å². The fourth-order valence-corrected chi connectivity index (χ4v) is 12.7. The molecule has 1 aromatic rings. The number of fused-ring (bicyclic) bond motifs is 1. The second kappa shape index (κ2) is 13.7. The summed E-state index contributed by atoms with van der Waals surface area (Å²) in [5.74, 6) is 1.33. The minimum absolute atomic E-state index is 0.137. The van der Waals surface area contributed by atoms with Gasteiger partial charge in [0.15, 0.2) is 26.5 Å². The summed E-state index contributed by atoms with van der Waals surface area (Å²) in [6, 6.07) is 9.02. The van der Waals surface area contributed by atoms with Gasteiger partial charge in [0, 0.05) is 0 Å². The Hall–Kier alpha value is -0.996. The summed E-state index contributed by atoms with van der Waals surface area (Å²) in [4.78, 5) is 0.455. The van der Waals surface area contributed by atoms with Crippen molar-refractivity contribution >= 4 is 26.5 Å². The van der Waals surface area contributed by atoms with Crippen molar-refractivity contribution in [2.45, 2.75) is 160 Å². The van der Waals surface area contributed by atoms with Crippen LogP contribution in [0.4, 0.5) is 0 Å². The van der Waals surface area contributed by atoms with Gasteiger partial charge in [0.1, 0.15) is 0 Å². The van der Waals surface area contributed by atoms with Crippen LogP contribution in [0.15, 0.2) is 58.5 Å². The molecular formula is C39H66O4SSi2. The average molecular weight is 687 g/mol. The second-order valence-corrected chi connectivity index (χ2v) is 29.9. The Morgan fingerprint density at radius 3 is 1.96 bits per heavy atom. The topological polar surface area (TPSA) is 52.6 Å². The fraction of sp³-hybridized carbons (Fsp3) is 0.744. The molecule has 0 aliphatic heterocycles. The van der Waals surface area contributed by atoms with Crippen molar-refractivity contribution in [3.63, 3.8) is 0 Å². The Bertz CT molecular complexity index is 1330. The summed E-state index contributed by atoms with van der Waals surface area (Å²) < 4.78 is 40.7. The van der Waals surface area contributed by atoms with Crippen LogP contribution in [0.3, 0.4) is 0 Å². The highest BCUT2D eigenvalue weighted by atomic mass is 32.2. The standard InChI is InChI=1S/C39H66O4SSi2/c1-29(28-44(40,41)34-18-14-13-15-19-34)35-22-23-36-31(17-16-24-39(35,36)8)21-20-30-25-32(42-45(9,10)37(2,3)4)27-33(26-30)43-46(11,12)38(5,6)7/h13-15,18-21,29,32-33,35-36H,16-17,22-28H2,1-12H3/b31-21+/t29-,32+,33+,35+,36-,39+/m0/s1. The van der Waals surface area contributed by atoms with Crippen LogP contribution in [0.25, 0.3) is 0 Å². The molecule has 0 heterocycles. The van der Waals surface area contributed by atoms with E-state index in [9.17, 15) is 8.42 Å². The van der Waals surface area contributed by atoms with Gasteiger partial charge in [0.2, 0.25) is 0 Å². The van der Waals surface area contributed by atoms with Gasteiger partial charge < -0.3 is 8.85 Å². The fourth-order valence-electron chi connectivity index (χ4n) is 8.26. The Morgan fingerprint density at radius 1 is 0.891 bits per heavy atom. The summed E-state index contributed by atoms with van der Waals surface area (Å²) in [5.41, 5.74) is 3.20. The minimum Gasteiger partial charge on any atom is -0.414 e. The van der Waals surface area contributed by atoms with Crippen LogP contribution in [0, 0.1) is 23.2 Å². The molecule has 3 saturated carbocycles. The molecule has 4 nitrogen and oxygen atoms in total. The first kappa shape index (κ1) is 37.8. The molecule has 0 bridgehead atoms. The highest BCUT2D eigenvalue weighted by Gasteiger charge is 2.51. The number of hydrogen-bond acceptors (Lipinski definition) is 4. The van der Waals surface area contributed by atoms with Crippen LogP contribution in [-0.4, -0.2) is 43.0 Å². The summed E-state index contributed by atoms with van der Waals surface area (Å²) in [6.45, 7) is 28.2. The SMILES string of the molecule is C[C@@H](CS(=O)(=O)c1ccccc1)[C@H]1CC[C@H]2/C(=C/C=C3C[C@@H](O[Si](C)(C)C(C)(C)C)C[C@H](O[Si](C)(C)C(C)(C)C)C3)CCC[C@]12C. The molecule has 260 valence electrons. The zero-order chi connectivity index (χ0) is 34.3. The number of hydrogen-bond donors (Lipinski definition) is 0. The maximum atomic E-state index is 13.3. The van der Waals surface area contributed by atoms with E-state index >= 15 is 0 Å². The van der Waals surface area contributed by atoms with Crippen LogP contribution in [0.2, 0.25) is 36.3 Å². The number of sulfone groups is 1. The molecule has 6 atom stereocenters. The van der Waals surface area contributed by atoms with E-state index in [0.29, 0.717) is 16.7 Å². The van der Waals surface area contributed by atoms with E-state index in [1.54, 1.807) is 17.7 Å². The molecule has 0 saturated heterocycles. The van der Waals surface area contributed by atoms with E-state index in [4.69, 9.17) is 8.85 Å². The lowest BCUT2D eigenvalue weighted by atomic mass is 9.61. The molecule has 3 aliphatic carbocycles. The van der Waals surface area contributed by atoms with Crippen molar-refractivity contribution in [1.29, 1.82) is 0 Å². The first-order chi connectivity index (χ1) is 21.1. The molecule has 3 aliphatic rings. The summed E-state index contributed by atoms with van der Waals surface area (Å²) in [7, 11) is -7.13. The predicted molar refractivity (Wildman–Crippen MR) is 200 cm³/mol. The number of allylic oxidation sites excluding steroid dienone is 3. The molecule has 3 fully saturated rings. The van der Waals surface area contributed by atoms with Gasteiger partial charge in [-0.1, -0.05) is 96.9 Å². The van der Waals surface area contributed by atoms with E-state index in [0.717, 1.165) is 32.1 Å². The summed E-state index contributed by atoms with van der Waals surface area (Å²) in [5, 5.41) is 0.352. The maximum Gasteiger partial charge on any atom is 0.192 e. The van der Waals surface area contributed by atoms with Crippen molar-refractivity contribution in [2.75, 3.05) is 5.75 Å². The van der Waals surface area contributed by atoms with Crippen molar-refractivity contribution in [3.8, 4) is 0 Å². The predicted octanol–water partition coefficient (Wildman–Crippen LogP) is 11.1. The first-order valence-electron chi connectivity index (χ1n) is 18.1. The van der Waals surface area contributed by atoms with Crippen molar-refractivity contribution in [2.24, 2.45) is 23.2 Å². The monoisotopic (exact) mass is 686 g/mol. The van der Waals surface area contributed by atoms with Crippen molar-refractivity contribution in [3.05, 3.63) is 53.6 Å². The first-order valence-corrected chi connectivity index (χ1v) is 25.5. The molecular weight excluding hydrogens is 621 g/mol. The highest BCUT2D eigenvalue weighted by molar-refractivity contribution is 7.91.